The summed E-state index contributed by atoms with van der Waals surface area (Å²) < 4.78 is 6.30. The van der Waals surface area contributed by atoms with Gasteiger partial charge in [0.05, 0.1) is 0 Å². The van der Waals surface area contributed by atoms with Crippen LogP contribution in [0.25, 0.3) is 122 Å². The molecule has 0 radical (unpaired) electrons. The van der Waals surface area contributed by atoms with E-state index >= 15 is 0 Å². The first-order chi connectivity index (χ1) is 31.2. The standard InChI is InChI=1S/C59H37N3O/c1-3-16-38(17-4-1)42-20-7-12-25-52(42)59-61-57(40-18-5-2-6-19-40)60-58(62-59)41-32-30-39(31-33-41)43-34-35-48(45-22-9-8-21-44(43)45)49-36-37-50(47-24-11-10-23-46(47)49)51-27-15-29-55-56(51)53-26-13-14-28-54(53)63-55/h1-37H. The molecule has 0 amide bonds. The van der Waals surface area contributed by atoms with Crippen LogP contribution >= 0.6 is 0 Å². The third-order valence-electron chi connectivity index (χ3n) is 12.2. The van der Waals surface area contributed by atoms with Crippen molar-refractivity contribution < 1.29 is 4.42 Å². The molecule has 0 aliphatic heterocycles. The summed E-state index contributed by atoms with van der Waals surface area (Å²) in [6.45, 7) is 0. The van der Waals surface area contributed by atoms with Crippen LogP contribution < -0.4 is 0 Å². The number of hydrogen-bond acceptors (Lipinski definition) is 4. The highest BCUT2D eigenvalue weighted by molar-refractivity contribution is 6.18. The third kappa shape index (κ3) is 6.36. The molecule has 0 bridgehead atoms. The van der Waals surface area contributed by atoms with E-state index in [4.69, 9.17) is 19.4 Å². The van der Waals surface area contributed by atoms with E-state index < -0.39 is 0 Å². The molecular formula is C59H37N3O. The summed E-state index contributed by atoms with van der Waals surface area (Å²) >= 11 is 0. The maximum Gasteiger partial charge on any atom is 0.164 e. The second-order valence-corrected chi connectivity index (χ2v) is 15.9. The molecule has 0 N–H and O–H groups in total. The predicted octanol–water partition coefficient (Wildman–Crippen LogP) is 15.7. The quantitative estimate of drug-likeness (QED) is 0.161. The minimum atomic E-state index is 0.626. The lowest BCUT2D eigenvalue weighted by atomic mass is 9.87. The van der Waals surface area contributed by atoms with Crippen LogP contribution in [0.1, 0.15) is 0 Å². The van der Waals surface area contributed by atoms with Gasteiger partial charge in [-0.2, -0.15) is 0 Å². The van der Waals surface area contributed by atoms with Crippen molar-refractivity contribution >= 4 is 43.5 Å². The summed E-state index contributed by atoms with van der Waals surface area (Å²) in [4.78, 5) is 15.2. The highest BCUT2D eigenvalue weighted by Gasteiger charge is 2.19. The van der Waals surface area contributed by atoms with Gasteiger partial charge in [0.15, 0.2) is 17.5 Å². The molecular weight excluding hydrogens is 767 g/mol. The fraction of sp³-hybridized carbons (Fsp3) is 0. The molecule has 2 aromatic heterocycles. The Balaban J connectivity index is 0.946. The van der Waals surface area contributed by atoms with E-state index in [9.17, 15) is 0 Å². The van der Waals surface area contributed by atoms with Crippen LogP contribution in [0, 0.1) is 0 Å². The van der Waals surface area contributed by atoms with Crippen LogP contribution in [0.2, 0.25) is 0 Å². The highest BCUT2D eigenvalue weighted by Crippen LogP contribution is 2.44. The first kappa shape index (κ1) is 36.4. The van der Waals surface area contributed by atoms with Gasteiger partial charge in [0, 0.05) is 27.5 Å². The van der Waals surface area contributed by atoms with E-state index in [0.29, 0.717) is 17.5 Å². The van der Waals surface area contributed by atoms with Crippen LogP contribution in [0.3, 0.4) is 0 Å². The van der Waals surface area contributed by atoms with E-state index in [2.05, 4.69) is 170 Å². The number of furan rings is 1. The van der Waals surface area contributed by atoms with Gasteiger partial charge in [-0.15, -0.1) is 0 Å². The summed E-state index contributed by atoms with van der Waals surface area (Å²) in [7, 11) is 0. The minimum absolute atomic E-state index is 0.626. The smallest absolute Gasteiger partial charge is 0.164 e. The molecule has 0 aliphatic carbocycles. The zero-order valence-electron chi connectivity index (χ0n) is 34.1. The molecule has 0 saturated heterocycles. The summed E-state index contributed by atoms with van der Waals surface area (Å²) in [5.41, 5.74) is 13.8. The summed E-state index contributed by atoms with van der Waals surface area (Å²) in [6.07, 6.45) is 0. The van der Waals surface area contributed by atoms with Crippen molar-refractivity contribution in [2.24, 2.45) is 0 Å². The van der Waals surface area contributed by atoms with Gasteiger partial charge in [0.25, 0.3) is 0 Å². The van der Waals surface area contributed by atoms with E-state index in [1.807, 2.05) is 54.6 Å². The molecule has 10 aromatic carbocycles. The molecule has 0 atom stereocenters. The van der Waals surface area contributed by atoms with Crippen molar-refractivity contribution in [3.8, 4) is 78.7 Å². The van der Waals surface area contributed by atoms with Crippen LogP contribution in [-0.2, 0) is 0 Å². The lowest BCUT2D eigenvalue weighted by Crippen LogP contribution is -2.01. The Bertz CT molecular complexity index is 3670. The lowest BCUT2D eigenvalue weighted by Gasteiger charge is -2.16. The first-order valence-electron chi connectivity index (χ1n) is 21.3. The van der Waals surface area contributed by atoms with Crippen LogP contribution in [-0.4, -0.2) is 15.0 Å². The monoisotopic (exact) mass is 803 g/mol. The normalized spacial score (nSPS) is 11.5. The van der Waals surface area contributed by atoms with Crippen LogP contribution in [0.4, 0.5) is 0 Å². The summed E-state index contributed by atoms with van der Waals surface area (Å²) in [5, 5.41) is 7.08. The molecule has 0 unspecified atom stereocenters. The number of rotatable bonds is 7. The Morgan fingerprint density at radius 3 is 1.25 bits per heavy atom. The Kier molecular flexibility index (Phi) is 8.79. The third-order valence-corrected chi connectivity index (χ3v) is 12.2. The molecule has 63 heavy (non-hydrogen) atoms. The van der Waals surface area contributed by atoms with Crippen molar-refractivity contribution in [1.29, 1.82) is 0 Å². The Hall–Kier alpha value is -8.47. The Morgan fingerprint density at radius 2 is 0.619 bits per heavy atom. The molecule has 4 nitrogen and oxygen atoms in total. The van der Waals surface area contributed by atoms with E-state index in [-0.39, 0.29) is 0 Å². The molecule has 0 spiro atoms. The second kappa shape index (κ2) is 15.2. The minimum Gasteiger partial charge on any atom is -0.456 e. The van der Waals surface area contributed by atoms with Crippen molar-refractivity contribution in [3.63, 3.8) is 0 Å². The van der Waals surface area contributed by atoms with Crippen molar-refractivity contribution in [2.45, 2.75) is 0 Å². The number of benzene rings is 10. The molecule has 0 fully saturated rings. The van der Waals surface area contributed by atoms with Gasteiger partial charge >= 0.3 is 0 Å². The number of para-hydroxylation sites is 1. The van der Waals surface area contributed by atoms with E-state index in [0.717, 1.165) is 55.3 Å². The van der Waals surface area contributed by atoms with Gasteiger partial charge in [-0.1, -0.05) is 212 Å². The lowest BCUT2D eigenvalue weighted by molar-refractivity contribution is 0.669. The molecule has 4 heteroatoms. The zero-order valence-corrected chi connectivity index (χ0v) is 34.1. The van der Waals surface area contributed by atoms with Crippen LogP contribution in [0.15, 0.2) is 229 Å². The van der Waals surface area contributed by atoms with E-state index in [1.165, 1.54) is 49.4 Å². The van der Waals surface area contributed by atoms with Crippen molar-refractivity contribution in [3.05, 3.63) is 224 Å². The van der Waals surface area contributed by atoms with Gasteiger partial charge in [-0.05, 0) is 78.2 Å². The number of nitrogens with zero attached hydrogens (tertiary/aromatic N) is 3. The summed E-state index contributed by atoms with van der Waals surface area (Å²) in [6, 6.07) is 78.8. The SMILES string of the molecule is c1ccc(-c2nc(-c3ccc(-c4ccc(-c5ccc(-c6cccc7oc8ccccc8c67)c6ccccc56)c5ccccc45)cc3)nc(-c3ccccc3-c3ccccc3)n2)cc1. The van der Waals surface area contributed by atoms with Crippen LogP contribution in [0.5, 0.6) is 0 Å². The topological polar surface area (TPSA) is 51.8 Å². The molecule has 294 valence electrons. The maximum absolute atomic E-state index is 6.30. The van der Waals surface area contributed by atoms with Gasteiger partial charge in [-0.3, -0.25) is 0 Å². The molecule has 12 rings (SSSR count). The Morgan fingerprint density at radius 1 is 0.222 bits per heavy atom. The zero-order chi connectivity index (χ0) is 41.7. The number of hydrogen-bond donors (Lipinski definition) is 0. The van der Waals surface area contributed by atoms with Crippen molar-refractivity contribution in [1.82, 2.24) is 15.0 Å². The average Bonchev–Trinajstić information content (AvgIpc) is 3.75. The summed E-state index contributed by atoms with van der Waals surface area (Å²) in [5.74, 6) is 1.90. The van der Waals surface area contributed by atoms with Gasteiger partial charge in [0.2, 0.25) is 0 Å². The largest absolute Gasteiger partial charge is 0.456 e. The molecule has 0 saturated carbocycles. The highest BCUT2D eigenvalue weighted by atomic mass is 16.3. The molecule has 0 aliphatic rings. The predicted molar refractivity (Wildman–Crippen MR) is 260 cm³/mol. The fourth-order valence-corrected chi connectivity index (χ4v) is 9.24. The fourth-order valence-electron chi connectivity index (χ4n) is 9.24. The second-order valence-electron chi connectivity index (χ2n) is 15.9. The first-order valence-corrected chi connectivity index (χ1v) is 21.3. The number of fused-ring (bicyclic) bond motifs is 5. The maximum atomic E-state index is 6.30. The molecule has 2 heterocycles. The molecule has 12 aromatic rings. The number of aromatic nitrogens is 3. The van der Waals surface area contributed by atoms with Crippen molar-refractivity contribution in [2.75, 3.05) is 0 Å². The van der Waals surface area contributed by atoms with Gasteiger partial charge in [-0.25, -0.2) is 15.0 Å². The average molecular weight is 804 g/mol. The Labute approximate surface area is 364 Å². The van der Waals surface area contributed by atoms with Gasteiger partial charge < -0.3 is 4.42 Å². The van der Waals surface area contributed by atoms with Gasteiger partial charge in [0.1, 0.15) is 11.2 Å². The van der Waals surface area contributed by atoms with E-state index in [1.54, 1.807) is 0 Å².